The molecular weight excluding hydrogens is 516 g/mol. The van der Waals surface area contributed by atoms with Gasteiger partial charge in [0.2, 0.25) is 0 Å². The summed E-state index contributed by atoms with van der Waals surface area (Å²) in [5.41, 5.74) is 4.58. The Morgan fingerprint density at radius 3 is 1.29 bits per heavy atom. The zero-order valence-corrected chi connectivity index (χ0v) is 24.4. The van der Waals surface area contributed by atoms with Crippen molar-refractivity contribution in [2.24, 2.45) is 0 Å². The number of rotatable bonds is 12. The topological polar surface area (TPSA) is 71.1 Å². The first kappa shape index (κ1) is 32.6. The molecule has 4 rings (SSSR count). The van der Waals surface area contributed by atoms with E-state index in [9.17, 15) is 9.59 Å². The summed E-state index contributed by atoms with van der Waals surface area (Å²) in [6.07, 6.45) is 3.81. The highest BCUT2D eigenvalue weighted by Gasteiger charge is 1.98. The van der Waals surface area contributed by atoms with E-state index in [4.69, 9.17) is 18.9 Å². The molecule has 0 unspecified atom stereocenters. The molecule has 0 bridgehead atoms. The first-order valence-corrected chi connectivity index (χ1v) is 13.6. The zero-order valence-electron chi connectivity index (χ0n) is 24.4. The minimum absolute atomic E-state index is 0.407. The minimum atomic E-state index is 0.407. The molecule has 0 fully saturated rings. The van der Waals surface area contributed by atoms with Gasteiger partial charge in [-0.2, -0.15) is 0 Å². The number of ether oxygens (including phenoxy) is 4. The van der Waals surface area contributed by atoms with E-state index in [-0.39, 0.29) is 0 Å². The van der Waals surface area contributed by atoms with Gasteiger partial charge in [0.25, 0.3) is 6.47 Å². The SMILES string of the molecule is COc1ccc(OCCCCCOc2ccc(OC=O)cc2)cc1.Cc1ccc(C)cc1.Cc1ccc(C=O)cc1. The fourth-order valence-electron chi connectivity index (χ4n) is 3.38. The molecule has 0 N–H and O–H groups in total. The van der Waals surface area contributed by atoms with E-state index in [0.29, 0.717) is 25.4 Å². The summed E-state index contributed by atoms with van der Waals surface area (Å²) in [5.74, 6) is 2.95. The second-order valence-electron chi connectivity index (χ2n) is 9.30. The van der Waals surface area contributed by atoms with Gasteiger partial charge in [-0.15, -0.1) is 0 Å². The van der Waals surface area contributed by atoms with Gasteiger partial charge in [-0.05, 0) is 88.6 Å². The molecule has 4 aromatic carbocycles. The predicted octanol–water partition coefficient (Wildman–Crippen LogP) is 7.97. The van der Waals surface area contributed by atoms with Crippen LogP contribution in [-0.4, -0.2) is 33.1 Å². The summed E-state index contributed by atoms with van der Waals surface area (Å²) in [5, 5.41) is 0. The minimum Gasteiger partial charge on any atom is -0.497 e. The van der Waals surface area contributed by atoms with Crippen LogP contribution < -0.4 is 18.9 Å². The summed E-state index contributed by atoms with van der Waals surface area (Å²) in [4.78, 5) is 20.3. The predicted molar refractivity (Wildman–Crippen MR) is 163 cm³/mol. The fourth-order valence-corrected chi connectivity index (χ4v) is 3.38. The lowest BCUT2D eigenvalue weighted by molar-refractivity contribution is -0.120. The average Bonchev–Trinajstić information content (AvgIpc) is 3.00. The highest BCUT2D eigenvalue weighted by molar-refractivity contribution is 5.74. The van der Waals surface area contributed by atoms with Crippen molar-refractivity contribution in [1.82, 2.24) is 0 Å². The molecule has 0 aromatic heterocycles. The van der Waals surface area contributed by atoms with Crippen molar-refractivity contribution in [2.45, 2.75) is 40.0 Å². The molecule has 216 valence electrons. The Balaban J connectivity index is 0.000000279. The van der Waals surface area contributed by atoms with Crippen molar-refractivity contribution < 1.29 is 28.5 Å². The van der Waals surface area contributed by atoms with E-state index in [0.717, 1.165) is 48.4 Å². The first-order chi connectivity index (χ1) is 19.9. The number of carbonyl (C=O) groups excluding carboxylic acids is 2. The molecule has 0 spiro atoms. The van der Waals surface area contributed by atoms with Crippen molar-refractivity contribution in [3.63, 3.8) is 0 Å². The van der Waals surface area contributed by atoms with Gasteiger partial charge in [0, 0.05) is 5.56 Å². The maximum Gasteiger partial charge on any atom is 0.298 e. The van der Waals surface area contributed by atoms with Crippen molar-refractivity contribution >= 4 is 12.8 Å². The quantitative estimate of drug-likeness (QED) is 0.130. The van der Waals surface area contributed by atoms with E-state index < -0.39 is 0 Å². The van der Waals surface area contributed by atoms with Crippen molar-refractivity contribution in [2.75, 3.05) is 20.3 Å². The zero-order chi connectivity index (χ0) is 29.7. The average molecular weight is 557 g/mol. The third kappa shape index (κ3) is 14.4. The third-order valence-electron chi connectivity index (χ3n) is 5.83. The summed E-state index contributed by atoms with van der Waals surface area (Å²) in [6, 6.07) is 30.5. The molecule has 0 radical (unpaired) electrons. The monoisotopic (exact) mass is 556 g/mol. The molecule has 6 heteroatoms. The molecule has 0 heterocycles. The molecule has 0 aliphatic rings. The molecule has 0 aliphatic carbocycles. The van der Waals surface area contributed by atoms with Crippen LogP contribution in [0.15, 0.2) is 97.1 Å². The number of hydrogen-bond acceptors (Lipinski definition) is 6. The van der Waals surface area contributed by atoms with Crippen molar-refractivity contribution in [3.05, 3.63) is 119 Å². The van der Waals surface area contributed by atoms with Crippen LogP contribution in [-0.2, 0) is 4.79 Å². The first-order valence-electron chi connectivity index (χ1n) is 13.6. The number of unbranched alkanes of at least 4 members (excludes halogenated alkanes) is 2. The van der Waals surface area contributed by atoms with Gasteiger partial charge in [-0.3, -0.25) is 9.59 Å². The van der Waals surface area contributed by atoms with E-state index in [2.05, 4.69) is 38.1 Å². The number of carbonyl (C=O) groups is 2. The lowest BCUT2D eigenvalue weighted by Crippen LogP contribution is -2.01. The highest BCUT2D eigenvalue weighted by atomic mass is 16.5. The largest absolute Gasteiger partial charge is 0.497 e. The lowest BCUT2D eigenvalue weighted by atomic mass is 10.2. The van der Waals surface area contributed by atoms with Crippen LogP contribution in [0.4, 0.5) is 0 Å². The Hall–Kier alpha value is -4.58. The second kappa shape index (κ2) is 19.5. The number of hydrogen-bond donors (Lipinski definition) is 0. The molecule has 41 heavy (non-hydrogen) atoms. The van der Waals surface area contributed by atoms with E-state index >= 15 is 0 Å². The van der Waals surface area contributed by atoms with Crippen LogP contribution in [0.25, 0.3) is 0 Å². The summed E-state index contributed by atoms with van der Waals surface area (Å²) < 4.78 is 21.1. The van der Waals surface area contributed by atoms with Crippen LogP contribution >= 0.6 is 0 Å². The fraction of sp³-hybridized carbons (Fsp3) is 0.257. The van der Waals surface area contributed by atoms with Gasteiger partial charge in [-0.25, -0.2) is 0 Å². The van der Waals surface area contributed by atoms with Gasteiger partial charge in [0.15, 0.2) is 0 Å². The molecule has 0 aliphatic heterocycles. The number of methoxy groups -OCH3 is 1. The smallest absolute Gasteiger partial charge is 0.298 e. The third-order valence-corrected chi connectivity index (χ3v) is 5.83. The normalized spacial score (nSPS) is 9.66. The molecule has 0 amide bonds. The Labute approximate surface area is 243 Å². The van der Waals surface area contributed by atoms with Crippen LogP contribution in [0.2, 0.25) is 0 Å². The Morgan fingerprint density at radius 1 is 0.512 bits per heavy atom. The van der Waals surface area contributed by atoms with Crippen LogP contribution in [0.5, 0.6) is 23.0 Å². The summed E-state index contributed by atoms with van der Waals surface area (Å²) >= 11 is 0. The summed E-state index contributed by atoms with van der Waals surface area (Å²) in [7, 11) is 1.64. The van der Waals surface area contributed by atoms with Gasteiger partial charge >= 0.3 is 0 Å². The van der Waals surface area contributed by atoms with Gasteiger partial charge < -0.3 is 18.9 Å². The van der Waals surface area contributed by atoms with Crippen molar-refractivity contribution in [1.29, 1.82) is 0 Å². The molecule has 0 atom stereocenters. The molecule has 0 saturated carbocycles. The Bertz CT molecular complexity index is 1230. The van der Waals surface area contributed by atoms with Gasteiger partial charge in [-0.1, -0.05) is 65.2 Å². The number of aldehydes is 1. The maximum atomic E-state index is 10.2. The summed E-state index contributed by atoms with van der Waals surface area (Å²) in [6.45, 7) is 7.93. The highest BCUT2D eigenvalue weighted by Crippen LogP contribution is 2.18. The molecule has 6 nitrogen and oxygen atoms in total. The second-order valence-corrected chi connectivity index (χ2v) is 9.30. The van der Waals surface area contributed by atoms with E-state index in [1.54, 1.807) is 31.4 Å². The lowest BCUT2D eigenvalue weighted by Gasteiger charge is -2.08. The Kier molecular flexibility index (Phi) is 15.5. The number of aryl methyl sites for hydroxylation is 3. The van der Waals surface area contributed by atoms with Crippen LogP contribution in [0, 0.1) is 20.8 Å². The standard InChI is InChI=1S/C19H22O5.C8H8O.C8H10/c1-21-16-5-7-17(8-6-16)22-13-3-2-4-14-23-18-9-11-19(12-10-18)24-15-20;1-7-2-4-8(6-9)5-3-7;1-7-3-5-8(2)6-4-7/h5-12,15H,2-4,13-14H2,1H3;2-6H,1H3;3-6H,1-2H3. The van der Waals surface area contributed by atoms with Crippen molar-refractivity contribution in [3.8, 4) is 23.0 Å². The molecule has 4 aromatic rings. The Morgan fingerprint density at radius 2 is 0.902 bits per heavy atom. The van der Waals surface area contributed by atoms with Crippen LogP contribution in [0.1, 0.15) is 46.3 Å². The van der Waals surface area contributed by atoms with E-state index in [1.165, 1.54) is 16.7 Å². The van der Waals surface area contributed by atoms with Crippen LogP contribution in [0.3, 0.4) is 0 Å². The van der Waals surface area contributed by atoms with E-state index in [1.807, 2.05) is 55.5 Å². The molecule has 0 saturated heterocycles. The van der Waals surface area contributed by atoms with Gasteiger partial charge in [0.1, 0.15) is 29.3 Å². The maximum absolute atomic E-state index is 10.2. The molecular formula is C35H40O6. The number of benzene rings is 4. The van der Waals surface area contributed by atoms with Gasteiger partial charge in [0.05, 0.1) is 20.3 Å².